The molecule has 196 valence electrons. The summed E-state index contributed by atoms with van der Waals surface area (Å²) in [5, 5.41) is 25.3. The van der Waals surface area contributed by atoms with Crippen molar-refractivity contribution in [3.05, 3.63) is 59.7 Å². The van der Waals surface area contributed by atoms with Gasteiger partial charge in [0.2, 0.25) is 25.0 Å². The van der Waals surface area contributed by atoms with E-state index in [1.165, 1.54) is 48.5 Å². The van der Waals surface area contributed by atoms with Gasteiger partial charge in [-0.05, 0) is 42.8 Å². The van der Waals surface area contributed by atoms with Crippen LogP contribution >= 0.6 is 10.7 Å². The van der Waals surface area contributed by atoms with E-state index >= 15 is 0 Å². The molecule has 0 heterocycles. The van der Waals surface area contributed by atoms with E-state index in [4.69, 9.17) is 15.8 Å². The highest BCUT2D eigenvalue weighted by Crippen LogP contribution is 2.48. The summed E-state index contributed by atoms with van der Waals surface area (Å²) >= 11 is 0. The summed E-state index contributed by atoms with van der Waals surface area (Å²) in [6.07, 6.45) is 3.84. The average molecular weight is 577 g/mol. The van der Waals surface area contributed by atoms with Crippen molar-refractivity contribution in [2.45, 2.75) is 36.0 Å². The van der Waals surface area contributed by atoms with Gasteiger partial charge in [0.1, 0.15) is 0 Å². The molecule has 0 bridgehead atoms. The van der Waals surface area contributed by atoms with Crippen molar-refractivity contribution >= 4 is 56.9 Å². The lowest BCUT2D eigenvalue weighted by atomic mass is 9.81. The predicted octanol–water partition coefficient (Wildman–Crippen LogP) is 3.36. The Hall–Kier alpha value is -2.36. The Balaban J connectivity index is 2.23. The Kier molecular flexibility index (Phi) is 7.98. The van der Waals surface area contributed by atoms with Crippen LogP contribution in [-0.4, -0.2) is 36.6 Å². The number of fused-ring (bicyclic) bond motifs is 1. The first-order chi connectivity index (χ1) is 16.6. The second kappa shape index (κ2) is 10.2. The first-order valence-corrected chi connectivity index (χ1v) is 16.4. The van der Waals surface area contributed by atoms with Gasteiger partial charge in [0.05, 0.1) is 28.2 Å². The molecule has 1 aliphatic carbocycles. The maximum absolute atomic E-state index is 12.7. The van der Waals surface area contributed by atoms with Crippen LogP contribution in [-0.2, 0) is 34.0 Å². The number of primary sulfonamides is 1. The molecule has 2 atom stereocenters. The van der Waals surface area contributed by atoms with Crippen LogP contribution in [0.4, 0.5) is 11.4 Å². The standard InChI is InChI=1S/C21H25ClN4O7S3/c1-3-4-6-14-13-19(25-24-15-9-11-16(12-10-15)35(22,30)31)20-17(21(14,27)36(23,32)33)7-5-8-18(20)26-34(2,28)29/h5,7-14,26-27H,3-4,6H2,1-2H3,(H2,23,32,33)/b25-24+. The largest absolute Gasteiger partial charge is 0.369 e. The molecule has 0 amide bonds. The van der Waals surface area contributed by atoms with Gasteiger partial charge in [0, 0.05) is 27.7 Å². The second-order valence-corrected chi connectivity index (χ2v) is 14.3. The number of nitrogens with one attached hydrogen (secondary N) is 1. The van der Waals surface area contributed by atoms with Crippen LogP contribution in [0.3, 0.4) is 0 Å². The quantitative estimate of drug-likeness (QED) is 0.301. The maximum Gasteiger partial charge on any atom is 0.261 e. The van der Waals surface area contributed by atoms with Gasteiger partial charge in [-0.25, -0.2) is 30.4 Å². The first-order valence-electron chi connectivity index (χ1n) is 10.6. The van der Waals surface area contributed by atoms with Crippen molar-refractivity contribution in [1.82, 2.24) is 0 Å². The van der Waals surface area contributed by atoms with E-state index in [9.17, 15) is 30.4 Å². The third-order valence-corrected chi connectivity index (χ3v) is 8.91. The molecular weight excluding hydrogens is 552 g/mol. The molecule has 0 saturated heterocycles. The smallest absolute Gasteiger partial charge is 0.261 e. The highest BCUT2D eigenvalue weighted by molar-refractivity contribution is 8.13. The van der Waals surface area contributed by atoms with Gasteiger partial charge in [-0.2, -0.15) is 10.2 Å². The van der Waals surface area contributed by atoms with Gasteiger partial charge in [0.25, 0.3) is 9.05 Å². The monoisotopic (exact) mass is 576 g/mol. The molecule has 0 radical (unpaired) electrons. The van der Waals surface area contributed by atoms with E-state index in [1.807, 2.05) is 6.92 Å². The number of benzene rings is 2. The summed E-state index contributed by atoms with van der Waals surface area (Å²) in [6.45, 7) is 1.90. The molecule has 0 spiro atoms. The Labute approximate surface area is 214 Å². The minimum absolute atomic E-state index is 0.00379. The minimum atomic E-state index is -4.60. The van der Waals surface area contributed by atoms with E-state index < -0.39 is 39.9 Å². The van der Waals surface area contributed by atoms with E-state index in [-0.39, 0.29) is 39.5 Å². The van der Waals surface area contributed by atoms with Crippen LogP contribution in [0.1, 0.15) is 37.3 Å². The highest BCUT2D eigenvalue weighted by Gasteiger charge is 2.52. The van der Waals surface area contributed by atoms with E-state index in [0.29, 0.717) is 12.8 Å². The molecule has 36 heavy (non-hydrogen) atoms. The van der Waals surface area contributed by atoms with Crippen molar-refractivity contribution in [2.24, 2.45) is 21.3 Å². The topological polar surface area (TPSA) is 185 Å². The lowest BCUT2D eigenvalue weighted by Crippen LogP contribution is -2.48. The highest BCUT2D eigenvalue weighted by atomic mass is 35.7. The normalized spacial score (nSPS) is 20.7. The minimum Gasteiger partial charge on any atom is -0.369 e. The van der Waals surface area contributed by atoms with E-state index in [0.717, 1.165) is 6.26 Å². The number of anilines is 1. The Morgan fingerprint density at radius 2 is 1.69 bits per heavy atom. The summed E-state index contributed by atoms with van der Waals surface area (Å²) in [5.74, 6) is -1.01. The number of nitrogens with zero attached hydrogens (tertiary/aromatic N) is 2. The van der Waals surface area contributed by atoms with Crippen molar-refractivity contribution < 1.29 is 30.4 Å². The molecule has 0 aliphatic heterocycles. The van der Waals surface area contributed by atoms with Crippen LogP contribution in [0.15, 0.2) is 63.7 Å². The molecule has 3 rings (SSSR count). The Morgan fingerprint density at radius 3 is 2.22 bits per heavy atom. The molecule has 0 fully saturated rings. The van der Waals surface area contributed by atoms with Crippen LogP contribution in [0.5, 0.6) is 0 Å². The lowest BCUT2D eigenvalue weighted by molar-refractivity contribution is 0.0719. The fourth-order valence-electron chi connectivity index (χ4n) is 3.94. The van der Waals surface area contributed by atoms with Gasteiger partial charge in [-0.15, -0.1) is 0 Å². The molecule has 11 nitrogen and oxygen atoms in total. The molecule has 4 N–H and O–H groups in total. The van der Waals surface area contributed by atoms with Crippen molar-refractivity contribution in [3.8, 4) is 0 Å². The molecule has 1 aliphatic rings. The summed E-state index contributed by atoms with van der Waals surface area (Å²) in [6, 6.07) is 9.32. The fourth-order valence-corrected chi connectivity index (χ4v) is 6.36. The summed E-state index contributed by atoms with van der Waals surface area (Å²) in [7, 11) is -7.00. The van der Waals surface area contributed by atoms with Gasteiger partial charge in [0.15, 0.2) is 0 Å². The number of unbranched alkanes of at least 4 members (excludes halogenated alkanes) is 1. The van der Waals surface area contributed by atoms with Crippen LogP contribution in [0.2, 0.25) is 0 Å². The van der Waals surface area contributed by atoms with E-state index in [1.54, 1.807) is 0 Å². The number of nitrogens with two attached hydrogens (primary N) is 1. The van der Waals surface area contributed by atoms with Gasteiger partial charge in [-0.3, -0.25) is 4.72 Å². The molecule has 2 aromatic rings. The molecule has 15 heteroatoms. The number of azo groups is 1. The van der Waals surface area contributed by atoms with Crippen LogP contribution < -0.4 is 9.86 Å². The fraction of sp³-hybridized carbons (Fsp3) is 0.333. The summed E-state index contributed by atoms with van der Waals surface area (Å²) in [4.78, 5) is -2.68. The van der Waals surface area contributed by atoms with Crippen LogP contribution in [0.25, 0.3) is 5.70 Å². The maximum atomic E-state index is 12.7. The first kappa shape index (κ1) is 28.2. The van der Waals surface area contributed by atoms with Crippen molar-refractivity contribution in [1.29, 1.82) is 0 Å². The average Bonchev–Trinajstić information content (AvgIpc) is 2.76. The molecule has 0 saturated carbocycles. The molecule has 2 unspecified atom stereocenters. The SMILES string of the molecule is CCCCC1C=C(/N=N/c2ccc(S(=O)(=O)Cl)cc2)c2c(NS(C)(=O)=O)cccc2C1(O)S(N)(=O)=O. The van der Waals surface area contributed by atoms with Crippen molar-refractivity contribution in [3.63, 3.8) is 0 Å². The number of aliphatic hydroxyl groups is 1. The van der Waals surface area contributed by atoms with Gasteiger partial charge in [-0.1, -0.05) is 31.9 Å². The molecular formula is C21H25ClN4O7S3. The van der Waals surface area contributed by atoms with Gasteiger partial charge >= 0.3 is 0 Å². The van der Waals surface area contributed by atoms with E-state index in [2.05, 4.69) is 15.0 Å². The second-order valence-electron chi connectivity index (χ2n) is 8.28. The number of sulfonamides is 2. The zero-order valence-corrected chi connectivity index (χ0v) is 22.5. The third-order valence-electron chi connectivity index (χ3n) is 5.56. The Bertz CT molecular complexity index is 1540. The lowest BCUT2D eigenvalue weighted by Gasteiger charge is -2.38. The van der Waals surface area contributed by atoms with Crippen LogP contribution in [0, 0.1) is 5.92 Å². The number of halogens is 1. The number of hydrogen-bond acceptors (Lipinski definition) is 9. The number of rotatable bonds is 9. The summed E-state index contributed by atoms with van der Waals surface area (Å²) < 4.78 is 74.6. The zero-order valence-electron chi connectivity index (χ0n) is 19.3. The third kappa shape index (κ3) is 5.95. The molecule has 0 aromatic heterocycles. The predicted molar refractivity (Wildman–Crippen MR) is 137 cm³/mol. The number of hydrogen-bond donors (Lipinski definition) is 3. The van der Waals surface area contributed by atoms with Crippen molar-refractivity contribution in [2.75, 3.05) is 11.0 Å². The Morgan fingerprint density at radius 1 is 1.06 bits per heavy atom. The zero-order chi connectivity index (χ0) is 26.9. The molecule has 2 aromatic carbocycles. The van der Waals surface area contributed by atoms with Gasteiger partial charge < -0.3 is 5.11 Å². The summed E-state index contributed by atoms with van der Waals surface area (Å²) in [5.41, 5.74) is 0.170.